The highest BCUT2D eigenvalue weighted by atomic mass is 35.5. The van der Waals surface area contributed by atoms with E-state index < -0.39 is 0 Å². The fraction of sp³-hybridized carbons (Fsp3) is 0.400. The van der Waals surface area contributed by atoms with E-state index in [-0.39, 0.29) is 0 Å². The van der Waals surface area contributed by atoms with E-state index in [4.69, 9.17) is 17.3 Å². The molecule has 4 N–H and O–H groups in total. The molecule has 0 aliphatic heterocycles. The number of anilines is 1. The molecule has 0 aliphatic rings. The van der Waals surface area contributed by atoms with Crippen molar-refractivity contribution in [2.24, 2.45) is 5.73 Å². The zero-order valence-corrected chi connectivity index (χ0v) is 9.52. The number of aryl methyl sites for hydroxylation is 1. The number of rotatable bonds is 0. The van der Waals surface area contributed by atoms with Crippen LogP contribution < -0.4 is 11.5 Å². The van der Waals surface area contributed by atoms with Crippen LogP contribution in [0.25, 0.3) is 0 Å². The van der Waals surface area contributed by atoms with Gasteiger partial charge in [-0.3, -0.25) is 0 Å². The lowest BCUT2D eigenvalue weighted by Crippen LogP contribution is -1.85. The molecule has 0 aliphatic carbocycles. The van der Waals surface area contributed by atoms with E-state index in [9.17, 15) is 0 Å². The van der Waals surface area contributed by atoms with Gasteiger partial charge in [-0.1, -0.05) is 31.5 Å². The van der Waals surface area contributed by atoms with Gasteiger partial charge in [-0.2, -0.15) is 0 Å². The topological polar surface area (TPSA) is 52.0 Å². The molecule has 1 rings (SSSR count). The molecule has 76 valence electrons. The molecule has 0 saturated heterocycles. The maximum Gasteiger partial charge on any atom is 0.0638 e. The number of halogens is 1. The van der Waals surface area contributed by atoms with E-state index in [1.807, 2.05) is 32.9 Å². The molecule has 0 aromatic heterocycles. The summed E-state index contributed by atoms with van der Waals surface area (Å²) in [6.45, 7) is 5.98. The third-order valence-corrected chi connectivity index (χ3v) is 1.48. The third kappa shape index (κ3) is 6.43. The van der Waals surface area contributed by atoms with Gasteiger partial charge in [0.25, 0.3) is 0 Å². The Kier molecular flexibility index (Phi) is 10.6. The zero-order chi connectivity index (χ0) is 10.9. The predicted octanol–water partition coefficient (Wildman–Crippen LogP) is 2.83. The van der Waals surface area contributed by atoms with Gasteiger partial charge >= 0.3 is 0 Å². The Morgan fingerprint density at radius 3 is 1.92 bits per heavy atom. The molecule has 0 bridgehead atoms. The summed E-state index contributed by atoms with van der Waals surface area (Å²) >= 11 is 5.69. The minimum atomic E-state index is 0.634. The first-order valence-electron chi connectivity index (χ1n) is 4.29. The van der Waals surface area contributed by atoms with E-state index in [2.05, 4.69) is 5.73 Å². The lowest BCUT2D eigenvalue weighted by molar-refractivity contribution is 1.47. The lowest BCUT2D eigenvalue weighted by atomic mass is 10.2. The van der Waals surface area contributed by atoms with Gasteiger partial charge < -0.3 is 11.5 Å². The number of benzene rings is 1. The molecule has 0 amide bonds. The molecule has 0 heterocycles. The van der Waals surface area contributed by atoms with Crippen molar-refractivity contribution in [1.82, 2.24) is 0 Å². The highest BCUT2D eigenvalue weighted by Crippen LogP contribution is 2.18. The highest BCUT2D eigenvalue weighted by molar-refractivity contribution is 6.33. The predicted molar refractivity (Wildman–Crippen MR) is 62.1 cm³/mol. The molecule has 1 aromatic carbocycles. The van der Waals surface area contributed by atoms with Crippen LogP contribution in [0.1, 0.15) is 19.4 Å². The van der Waals surface area contributed by atoms with Crippen molar-refractivity contribution < 1.29 is 0 Å². The maximum absolute atomic E-state index is 5.69. The van der Waals surface area contributed by atoms with Gasteiger partial charge in [0.05, 0.1) is 10.7 Å². The van der Waals surface area contributed by atoms with Crippen molar-refractivity contribution in [3.63, 3.8) is 0 Å². The molecule has 0 fully saturated rings. The molecule has 2 nitrogen and oxygen atoms in total. The quantitative estimate of drug-likeness (QED) is 0.636. The van der Waals surface area contributed by atoms with Gasteiger partial charge in [-0.25, -0.2) is 0 Å². The third-order valence-electron chi connectivity index (χ3n) is 1.16. The van der Waals surface area contributed by atoms with E-state index >= 15 is 0 Å². The van der Waals surface area contributed by atoms with Crippen molar-refractivity contribution in [3.8, 4) is 0 Å². The lowest BCUT2D eigenvalue weighted by Gasteiger charge is -1.96. The van der Waals surface area contributed by atoms with Crippen LogP contribution >= 0.6 is 11.6 Å². The molecule has 0 unspecified atom stereocenters. The number of hydrogen-bond acceptors (Lipinski definition) is 2. The van der Waals surface area contributed by atoms with Crippen LogP contribution in [0.15, 0.2) is 18.2 Å². The summed E-state index contributed by atoms with van der Waals surface area (Å²) < 4.78 is 0. The highest BCUT2D eigenvalue weighted by Gasteiger charge is 1.92. The fourth-order valence-corrected chi connectivity index (χ4v) is 0.867. The minimum Gasteiger partial charge on any atom is -0.398 e. The van der Waals surface area contributed by atoms with Gasteiger partial charge in [-0.05, 0) is 31.7 Å². The first-order valence-corrected chi connectivity index (χ1v) is 4.67. The normalized spacial score (nSPS) is 7.54. The largest absolute Gasteiger partial charge is 0.398 e. The van der Waals surface area contributed by atoms with Gasteiger partial charge in [0.15, 0.2) is 0 Å². The van der Waals surface area contributed by atoms with Crippen molar-refractivity contribution in [2.75, 3.05) is 12.8 Å². The van der Waals surface area contributed by atoms with E-state index in [1.54, 1.807) is 6.07 Å². The Morgan fingerprint density at radius 1 is 1.15 bits per heavy atom. The average molecular weight is 203 g/mol. The monoisotopic (exact) mass is 202 g/mol. The van der Waals surface area contributed by atoms with E-state index in [0.29, 0.717) is 10.7 Å². The van der Waals surface area contributed by atoms with Gasteiger partial charge in [-0.15, -0.1) is 0 Å². The maximum atomic E-state index is 5.69. The van der Waals surface area contributed by atoms with Gasteiger partial charge in [0.1, 0.15) is 0 Å². The Labute approximate surface area is 85.9 Å². The van der Waals surface area contributed by atoms with Crippen LogP contribution in [0, 0.1) is 6.92 Å². The second-order valence-electron chi connectivity index (χ2n) is 2.02. The van der Waals surface area contributed by atoms with Crippen LogP contribution in [0.2, 0.25) is 5.02 Å². The summed E-state index contributed by atoms with van der Waals surface area (Å²) in [5, 5.41) is 0.634. The molecule has 0 spiro atoms. The summed E-state index contributed by atoms with van der Waals surface area (Å²) in [5.74, 6) is 0. The number of nitrogen functional groups attached to an aromatic ring is 1. The second kappa shape index (κ2) is 9.36. The molecule has 0 saturated carbocycles. The molecule has 3 heteroatoms. The fourth-order valence-electron chi connectivity index (χ4n) is 0.632. The van der Waals surface area contributed by atoms with Crippen molar-refractivity contribution in [1.29, 1.82) is 0 Å². The summed E-state index contributed by atoms with van der Waals surface area (Å²) in [6.07, 6.45) is 0. The molecule has 0 atom stereocenters. The molecular formula is C10H19ClN2. The Morgan fingerprint density at radius 2 is 1.62 bits per heavy atom. The summed E-state index contributed by atoms with van der Waals surface area (Å²) in [6, 6.07) is 5.58. The standard InChI is InChI=1S/C7H8ClN.C2H6.CH5N/c1-5-2-3-7(9)6(8)4-5;2*1-2/h2-4H,9H2,1H3;1-2H3;2H2,1H3. The summed E-state index contributed by atoms with van der Waals surface area (Å²) in [5.41, 5.74) is 11.7. The zero-order valence-electron chi connectivity index (χ0n) is 8.76. The van der Waals surface area contributed by atoms with Gasteiger partial charge in [0.2, 0.25) is 0 Å². The average Bonchev–Trinajstić information content (AvgIpc) is 2.18. The summed E-state index contributed by atoms with van der Waals surface area (Å²) in [4.78, 5) is 0. The molecule has 1 aromatic rings. The van der Waals surface area contributed by atoms with Crippen LogP contribution in [-0.4, -0.2) is 7.05 Å². The second-order valence-corrected chi connectivity index (χ2v) is 2.43. The van der Waals surface area contributed by atoms with E-state index in [0.717, 1.165) is 5.56 Å². The first-order chi connectivity index (χ1) is 6.20. The molecule has 0 radical (unpaired) electrons. The first kappa shape index (κ1) is 14.8. The van der Waals surface area contributed by atoms with Gasteiger partial charge in [0, 0.05) is 0 Å². The Bertz CT molecular complexity index is 224. The molecular weight excluding hydrogens is 184 g/mol. The Hall–Kier alpha value is -0.730. The smallest absolute Gasteiger partial charge is 0.0638 e. The van der Waals surface area contributed by atoms with Crippen LogP contribution in [0.3, 0.4) is 0 Å². The van der Waals surface area contributed by atoms with Crippen molar-refractivity contribution in [2.45, 2.75) is 20.8 Å². The molecule has 13 heavy (non-hydrogen) atoms. The van der Waals surface area contributed by atoms with Crippen molar-refractivity contribution >= 4 is 17.3 Å². The number of nitrogens with two attached hydrogens (primary N) is 2. The van der Waals surface area contributed by atoms with Crippen LogP contribution in [-0.2, 0) is 0 Å². The Balaban J connectivity index is 0. The minimum absolute atomic E-state index is 0.634. The van der Waals surface area contributed by atoms with E-state index in [1.165, 1.54) is 7.05 Å². The van der Waals surface area contributed by atoms with Crippen LogP contribution in [0.4, 0.5) is 5.69 Å². The van der Waals surface area contributed by atoms with Crippen molar-refractivity contribution in [3.05, 3.63) is 28.8 Å². The van der Waals surface area contributed by atoms with Crippen LogP contribution in [0.5, 0.6) is 0 Å². The number of hydrogen-bond donors (Lipinski definition) is 2. The summed E-state index contributed by atoms with van der Waals surface area (Å²) in [7, 11) is 1.50. The SMILES string of the molecule is CC.CN.Cc1ccc(N)c(Cl)c1.